The Balaban J connectivity index is 4.30. The maximum Gasteiger partial charge on any atom is 0.189 e. The first-order valence-electron chi connectivity index (χ1n) is 10.9. The molecule has 10 heteroatoms. The molecule has 0 spiro atoms. The van der Waals surface area contributed by atoms with Crippen LogP contribution in [0.4, 0.5) is 0 Å². The summed E-state index contributed by atoms with van der Waals surface area (Å²) in [4.78, 5) is 0. The van der Waals surface area contributed by atoms with Gasteiger partial charge in [-0.15, -0.1) is 0 Å². The van der Waals surface area contributed by atoms with Crippen LogP contribution in [0.3, 0.4) is 0 Å². The fourth-order valence-electron chi connectivity index (χ4n) is 3.03. The summed E-state index contributed by atoms with van der Waals surface area (Å²) in [5, 5.41) is 13.2. The molecular weight excluding hydrogens is 437 g/mol. The summed E-state index contributed by atoms with van der Waals surface area (Å²) in [5.41, 5.74) is 0. The molecule has 0 amide bonds. The van der Waals surface area contributed by atoms with Crippen LogP contribution in [0.1, 0.15) is 55.4 Å². The Morgan fingerprint density at radius 2 is 1.33 bits per heavy atom. The Morgan fingerprint density at radius 1 is 0.833 bits per heavy atom. The van der Waals surface area contributed by atoms with Crippen LogP contribution in [0.5, 0.6) is 0 Å². The molecule has 0 aromatic heterocycles. The molecule has 0 unspecified atom stereocenters. The van der Waals surface area contributed by atoms with Gasteiger partial charge in [-0.05, 0) is 55.4 Å². The molecule has 0 aliphatic rings. The van der Waals surface area contributed by atoms with Crippen LogP contribution < -0.4 is 10.6 Å². The van der Waals surface area contributed by atoms with Crippen molar-refractivity contribution in [3.8, 4) is 0 Å². The maximum absolute atomic E-state index is 7.45. The third-order valence-corrected chi connectivity index (χ3v) is 9.50. The number of rotatable bonds is 17. The van der Waals surface area contributed by atoms with Gasteiger partial charge in [0, 0.05) is 49.3 Å². The predicted molar refractivity (Wildman–Crippen MR) is 138 cm³/mol. The highest BCUT2D eigenvalue weighted by Crippen LogP contribution is 2.50. The molecule has 7 nitrogen and oxygen atoms in total. The van der Waals surface area contributed by atoms with Crippen molar-refractivity contribution in [3.63, 3.8) is 0 Å². The molecule has 3 N–H and O–H groups in total. The molecule has 0 saturated carbocycles. The molecule has 0 bridgehead atoms. The highest BCUT2D eigenvalue weighted by Gasteiger charge is 2.34. The quantitative estimate of drug-likeness (QED) is 0.0911. The maximum atomic E-state index is 7.45. The molecule has 0 aliphatic carbocycles. The van der Waals surface area contributed by atoms with Crippen molar-refractivity contribution in [1.82, 2.24) is 20.0 Å². The molecule has 0 aliphatic heterocycles. The molecule has 0 radical (unpaired) electrons. The molecule has 0 aromatic rings. The number of hydrogen-bond donors (Lipinski definition) is 3. The van der Waals surface area contributed by atoms with Gasteiger partial charge in [0.05, 0.1) is 19.8 Å². The minimum absolute atomic E-state index is 0.367. The molecule has 180 valence electrons. The highest BCUT2D eigenvalue weighted by molar-refractivity contribution is 8.76. The van der Waals surface area contributed by atoms with Crippen molar-refractivity contribution in [3.05, 3.63) is 0 Å². The number of ether oxygens (including phenoxy) is 1. The van der Waals surface area contributed by atoms with Crippen LogP contribution in [0.2, 0.25) is 0 Å². The van der Waals surface area contributed by atoms with Crippen molar-refractivity contribution < 1.29 is 9.26 Å². The lowest BCUT2D eigenvalue weighted by atomic mass is 10.3. The molecule has 0 saturated heterocycles. The average Bonchev–Trinajstić information content (AvgIpc) is 2.64. The van der Waals surface area contributed by atoms with Gasteiger partial charge < -0.3 is 19.9 Å². The largest absolute Gasteiger partial charge is 0.378 e. The van der Waals surface area contributed by atoms with E-state index in [2.05, 4.69) is 75.4 Å². The second kappa shape index (κ2) is 17.8. The second-order valence-electron chi connectivity index (χ2n) is 8.03. The van der Waals surface area contributed by atoms with Crippen molar-refractivity contribution in [1.29, 1.82) is 5.41 Å². The van der Waals surface area contributed by atoms with E-state index >= 15 is 0 Å². The van der Waals surface area contributed by atoms with Crippen molar-refractivity contribution in [2.75, 3.05) is 44.9 Å². The van der Waals surface area contributed by atoms with Gasteiger partial charge in [0.1, 0.15) is 0 Å². The zero-order valence-electron chi connectivity index (χ0n) is 20.5. The number of nitrogens with one attached hydrogen (secondary N) is 3. The molecule has 0 aromatic carbocycles. The van der Waals surface area contributed by atoms with E-state index in [4.69, 9.17) is 14.7 Å². The zero-order valence-corrected chi connectivity index (χ0v) is 23.1. The molecular formula is C20H46N5O2PS2. The van der Waals surface area contributed by atoms with Gasteiger partial charge in [-0.3, -0.25) is 5.41 Å². The van der Waals surface area contributed by atoms with Crippen molar-refractivity contribution in [2.24, 2.45) is 0 Å². The van der Waals surface area contributed by atoms with Crippen LogP contribution in [-0.2, 0) is 9.26 Å². The SMILES string of the molecule is CNC(=N)NCCSSCCOCCOP(N(C(C)C)C(C)C)N(C(C)C)C(C)C. The smallest absolute Gasteiger partial charge is 0.189 e. The Morgan fingerprint density at radius 3 is 1.80 bits per heavy atom. The number of nitrogens with zero attached hydrogens (tertiary/aromatic N) is 2. The van der Waals surface area contributed by atoms with Gasteiger partial charge in [0.15, 0.2) is 14.4 Å². The first kappa shape index (κ1) is 30.2. The van der Waals surface area contributed by atoms with E-state index in [0.29, 0.717) is 43.3 Å². The topological polar surface area (TPSA) is 72.8 Å². The van der Waals surface area contributed by atoms with Gasteiger partial charge in [0.2, 0.25) is 0 Å². The van der Waals surface area contributed by atoms with Crippen LogP contribution in [0.25, 0.3) is 0 Å². The van der Waals surface area contributed by atoms with E-state index < -0.39 is 8.45 Å². The average molecular weight is 484 g/mol. The lowest BCUT2D eigenvalue weighted by Crippen LogP contribution is -2.43. The summed E-state index contributed by atoms with van der Waals surface area (Å²) in [7, 11) is 4.52. The van der Waals surface area contributed by atoms with E-state index in [1.54, 1.807) is 17.8 Å². The third kappa shape index (κ3) is 12.9. The van der Waals surface area contributed by atoms with Gasteiger partial charge in [-0.1, -0.05) is 21.6 Å². The number of guanidine groups is 1. The summed E-state index contributed by atoms with van der Waals surface area (Å²) < 4.78 is 17.3. The van der Waals surface area contributed by atoms with E-state index in [1.165, 1.54) is 0 Å². The van der Waals surface area contributed by atoms with E-state index in [1.807, 2.05) is 10.8 Å². The van der Waals surface area contributed by atoms with Crippen LogP contribution in [-0.4, -0.2) is 84.4 Å². The Kier molecular flexibility index (Phi) is 17.9. The first-order chi connectivity index (χ1) is 14.1. The minimum atomic E-state index is -0.839. The standard InChI is InChI=1S/C20H46N5O2PS2/c1-16(2)24(17(3)4)28(25(18(5)6)19(7)8)27-12-11-26-13-15-30-29-14-10-23-20(21)22-9/h16-19H,10-15H2,1-9H3,(H3,21,22,23). The molecule has 0 rings (SSSR count). The summed E-state index contributed by atoms with van der Waals surface area (Å²) in [6, 6.07) is 1.71. The lowest BCUT2D eigenvalue weighted by molar-refractivity contribution is 0.101. The van der Waals surface area contributed by atoms with Gasteiger partial charge >= 0.3 is 0 Å². The van der Waals surface area contributed by atoms with Crippen LogP contribution >= 0.6 is 30.0 Å². The lowest BCUT2D eigenvalue weighted by Gasteiger charge is -2.45. The second-order valence-corrected chi connectivity index (χ2v) is 12.4. The van der Waals surface area contributed by atoms with Crippen LogP contribution in [0.15, 0.2) is 0 Å². The molecule has 0 heterocycles. The monoisotopic (exact) mass is 483 g/mol. The first-order valence-corrected chi connectivity index (χ1v) is 14.6. The fourth-order valence-corrected chi connectivity index (χ4v) is 7.12. The van der Waals surface area contributed by atoms with Gasteiger partial charge in [0.25, 0.3) is 0 Å². The summed E-state index contributed by atoms with van der Waals surface area (Å²) in [5.74, 6) is 2.28. The van der Waals surface area contributed by atoms with Crippen molar-refractivity contribution >= 4 is 36.0 Å². The Hall–Kier alpha value is 0.240. The highest BCUT2D eigenvalue weighted by atomic mass is 33.1. The third-order valence-electron chi connectivity index (χ3n) is 4.08. The van der Waals surface area contributed by atoms with E-state index in [-0.39, 0.29) is 0 Å². The van der Waals surface area contributed by atoms with E-state index in [0.717, 1.165) is 24.7 Å². The minimum Gasteiger partial charge on any atom is -0.378 e. The zero-order chi connectivity index (χ0) is 23.1. The summed E-state index contributed by atoms with van der Waals surface area (Å²) in [6.07, 6.45) is 0. The summed E-state index contributed by atoms with van der Waals surface area (Å²) >= 11 is 0. The molecule has 30 heavy (non-hydrogen) atoms. The molecule has 0 atom stereocenters. The molecule has 0 fully saturated rings. The van der Waals surface area contributed by atoms with E-state index in [9.17, 15) is 0 Å². The Bertz CT molecular complexity index is 409. The predicted octanol–water partition coefficient (Wildman–Crippen LogP) is 4.61. The van der Waals surface area contributed by atoms with Crippen LogP contribution in [0, 0.1) is 5.41 Å². The van der Waals surface area contributed by atoms with Crippen molar-refractivity contribution in [2.45, 2.75) is 79.6 Å². The van der Waals surface area contributed by atoms with Gasteiger partial charge in [-0.25, -0.2) is 9.34 Å². The fraction of sp³-hybridized carbons (Fsp3) is 0.950. The summed E-state index contributed by atoms with van der Waals surface area (Å²) in [6.45, 7) is 20.8. The van der Waals surface area contributed by atoms with Gasteiger partial charge in [-0.2, -0.15) is 0 Å². The Labute approximate surface area is 195 Å². The number of hydrogen-bond acceptors (Lipinski definition) is 7. The normalized spacial score (nSPS) is 12.4.